The van der Waals surface area contributed by atoms with Gasteiger partial charge in [0.05, 0.1) is 6.61 Å². The normalized spacial score (nSPS) is 20.5. The van der Waals surface area contributed by atoms with Crippen LogP contribution in [0.2, 0.25) is 0 Å². The van der Waals surface area contributed by atoms with Crippen LogP contribution in [0.1, 0.15) is 12.0 Å². The Hall–Kier alpha value is -1.39. The van der Waals surface area contributed by atoms with Crippen LogP contribution in [0.4, 0.5) is 5.69 Å². The minimum atomic E-state index is -0.0527. The molecule has 1 fully saturated rings. The number of amides is 1. The van der Waals surface area contributed by atoms with Crippen molar-refractivity contribution in [2.24, 2.45) is 5.73 Å². The van der Waals surface area contributed by atoms with Crippen LogP contribution in [0.3, 0.4) is 0 Å². The molecular formula is C12H16N2O2. The zero-order valence-electron chi connectivity index (χ0n) is 9.35. The molecule has 1 saturated heterocycles. The number of hydrogen-bond donors (Lipinski definition) is 1. The summed E-state index contributed by atoms with van der Waals surface area (Å²) in [6.45, 7) is 1.11. The van der Waals surface area contributed by atoms with Crippen molar-refractivity contribution in [3.63, 3.8) is 0 Å². The van der Waals surface area contributed by atoms with Gasteiger partial charge in [0.1, 0.15) is 0 Å². The molecule has 1 aromatic carbocycles. The number of methoxy groups -OCH3 is 1. The van der Waals surface area contributed by atoms with Crippen LogP contribution in [0.5, 0.6) is 0 Å². The number of para-hydroxylation sites is 1. The van der Waals surface area contributed by atoms with Crippen LogP contribution in [0.15, 0.2) is 24.3 Å². The van der Waals surface area contributed by atoms with E-state index in [-0.39, 0.29) is 11.9 Å². The van der Waals surface area contributed by atoms with Crippen molar-refractivity contribution in [2.45, 2.75) is 19.1 Å². The molecule has 0 saturated carbocycles. The molecule has 1 heterocycles. The second-order valence-electron chi connectivity index (χ2n) is 4.03. The Bertz CT molecular complexity index is 392. The first kappa shape index (κ1) is 11.1. The number of hydrogen-bond acceptors (Lipinski definition) is 3. The highest BCUT2D eigenvalue weighted by Crippen LogP contribution is 2.25. The zero-order valence-corrected chi connectivity index (χ0v) is 9.35. The molecule has 4 nitrogen and oxygen atoms in total. The maximum absolute atomic E-state index is 11.7. The lowest BCUT2D eigenvalue weighted by molar-refractivity contribution is -0.117. The van der Waals surface area contributed by atoms with E-state index >= 15 is 0 Å². The summed E-state index contributed by atoms with van der Waals surface area (Å²) in [4.78, 5) is 13.5. The summed E-state index contributed by atoms with van der Waals surface area (Å²) in [5.74, 6) is 0.0936. The minimum absolute atomic E-state index is 0.0527. The third kappa shape index (κ3) is 2.08. The van der Waals surface area contributed by atoms with Gasteiger partial charge in [0.25, 0.3) is 0 Å². The summed E-state index contributed by atoms with van der Waals surface area (Å²) < 4.78 is 5.12. The Morgan fingerprint density at radius 1 is 1.50 bits per heavy atom. The third-order valence-corrected chi connectivity index (χ3v) is 2.74. The van der Waals surface area contributed by atoms with Crippen molar-refractivity contribution in [2.75, 3.05) is 18.6 Å². The molecule has 0 aliphatic carbocycles. The second kappa shape index (κ2) is 4.63. The van der Waals surface area contributed by atoms with Gasteiger partial charge in [0.2, 0.25) is 5.91 Å². The molecule has 0 spiro atoms. The Morgan fingerprint density at radius 3 is 2.88 bits per heavy atom. The summed E-state index contributed by atoms with van der Waals surface area (Å²) in [5.41, 5.74) is 7.72. The molecular weight excluding hydrogens is 204 g/mol. The fourth-order valence-corrected chi connectivity index (χ4v) is 2.02. The molecule has 2 N–H and O–H groups in total. The number of rotatable bonds is 3. The summed E-state index contributed by atoms with van der Waals surface area (Å²) >= 11 is 0. The van der Waals surface area contributed by atoms with Crippen molar-refractivity contribution in [1.29, 1.82) is 0 Å². The molecule has 1 atom stereocenters. The van der Waals surface area contributed by atoms with E-state index < -0.39 is 0 Å². The smallest absolute Gasteiger partial charge is 0.228 e. The highest BCUT2D eigenvalue weighted by atomic mass is 16.5. The van der Waals surface area contributed by atoms with Crippen molar-refractivity contribution < 1.29 is 9.53 Å². The molecule has 1 aliphatic heterocycles. The van der Waals surface area contributed by atoms with E-state index in [4.69, 9.17) is 10.5 Å². The number of carbonyl (C=O) groups is 1. The van der Waals surface area contributed by atoms with Crippen LogP contribution in [-0.2, 0) is 16.1 Å². The van der Waals surface area contributed by atoms with E-state index in [2.05, 4.69) is 0 Å². The van der Waals surface area contributed by atoms with E-state index in [1.54, 1.807) is 12.0 Å². The van der Waals surface area contributed by atoms with Crippen LogP contribution < -0.4 is 10.6 Å². The average molecular weight is 220 g/mol. The summed E-state index contributed by atoms with van der Waals surface area (Å²) in [6.07, 6.45) is 0.432. The highest BCUT2D eigenvalue weighted by Gasteiger charge is 2.29. The highest BCUT2D eigenvalue weighted by molar-refractivity contribution is 5.96. The second-order valence-corrected chi connectivity index (χ2v) is 4.03. The number of benzene rings is 1. The summed E-state index contributed by atoms with van der Waals surface area (Å²) in [5, 5.41) is 0. The minimum Gasteiger partial charge on any atom is -0.380 e. The average Bonchev–Trinajstić information content (AvgIpc) is 2.59. The van der Waals surface area contributed by atoms with Gasteiger partial charge in [-0.2, -0.15) is 0 Å². The van der Waals surface area contributed by atoms with E-state index in [0.717, 1.165) is 11.3 Å². The molecule has 16 heavy (non-hydrogen) atoms. The number of nitrogens with zero attached hydrogens (tertiary/aromatic N) is 1. The van der Waals surface area contributed by atoms with Gasteiger partial charge < -0.3 is 15.4 Å². The fourth-order valence-electron chi connectivity index (χ4n) is 2.02. The van der Waals surface area contributed by atoms with Gasteiger partial charge in [-0.3, -0.25) is 4.79 Å². The Labute approximate surface area is 95.0 Å². The van der Waals surface area contributed by atoms with Gasteiger partial charge in [-0.15, -0.1) is 0 Å². The first-order chi connectivity index (χ1) is 7.72. The van der Waals surface area contributed by atoms with Gasteiger partial charge in [-0.05, 0) is 6.07 Å². The van der Waals surface area contributed by atoms with Crippen LogP contribution in [0, 0.1) is 0 Å². The largest absolute Gasteiger partial charge is 0.380 e. The predicted octanol–water partition coefficient (Wildman–Crippen LogP) is 0.897. The molecule has 4 heteroatoms. The lowest BCUT2D eigenvalue weighted by Crippen LogP contribution is -2.28. The van der Waals surface area contributed by atoms with Gasteiger partial charge >= 0.3 is 0 Å². The van der Waals surface area contributed by atoms with E-state index in [0.29, 0.717) is 19.6 Å². The van der Waals surface area contributed by atoms with E-state index in [9.17, 15) is 4.79 Å². The molecule has 2 rings (SSSR count). The molecule has 0 radical (unpaired) electrons. The third-order valence-electron chi connectivity index (χ3n) is 2.74. The monoisotopic (exact) mass is 220 g/mol. The molecule has 1 aliphatic rings. The number of nitrogens with two attached hydrogens (primary N) is 1. The first-order valence-corrected chi connectivity index (χ1v) is 5.35. The molecule has 1 aromatic rings. The molecule has 0 aromatic heterocycles. The summed E-state index contributed by atoms with van der Waals surface area (Å²) in [6, 6.07) is 7.72. The van der Waals surface area contributed by atoms with Gasteiger partial charge in [0.15, 0.2) is 0 Å². The van der Waals surface area contributed by atoms with E-state index in [1.165, 1.54) is 0 Å². The Balaban J connectivity index is 2.29. The zero-order chi connectivity index (χ0) is 11.5. The molecule has 86 valence electrons. The summed E-state index contributed by atoms with van der Waals surface area (Å²) in [7, 11) is 1.65. The predicted molar refractivity (Wildman–Crippen MR) is 62.1 cm³/mol. The Kier molecular flexibility index (Phi) is 3.22. The topological polar surface area (TPSA) is 55.6 Å². The lowest BCUT2D eigenvalue weighted by Gasteiger charge is -2.19. The number of ether oxygens (including phenoxy) is 1. The van der Waals surface area contributed by atoms with Crippen molar-refractivity contribution in [3.05, 3.63) is 29.8 Å². The lowest BCUT2D eigenvalue weighted by atomic mass is 10.1. The number of anilines is 1. The van der Waals surface area contributed by atoms with Gasteiger partial charge in [0, 0.05) is 37.4 Å². The molecule has 0 bridgehead atoms. The SMILES string of the molecule is COCc1ccccc1N1CC(N)CC1=O. The van der Waals surface area contributed by atoms with Crippen LogP contribution in [0.25, 0.3) is 0 Å². The van der Waals surface area contributed by atoms with Gasteiger partial charge in [-0.1, -0.05) is 18.2 Å². The fraction of sp³-hybridized carbons (Fsp3) is 0.417. The van der Waals surface area contributed by atoms with Crippen molar-refractivity contribution in [3.8, 4) is 0 Å². The quantitative estimate of drug-likeness (QED) is 0.823. The maximum atomic E-state index is 11.7. The maximum Gasteiger partial charge on any atom is 0.228 e. The van der Waals surface area contributed by atoms with Crippen LogP contribution in [-0.4, -0.2) is 25.6 Å². The Morgan fingerprint density at radius 2 is 2.25 bits per heavy atom. The molecule has 1 unspecified atom stereocenters. The van der Waals surface area contributed by atoms with Gasteiger partial charge in [-0.25, -0.2) is 0 Å². The van der Waals surface area contributed by atoms with E-state index in [1.807, 2.05) is 24.3 Å². The van der Waals surface area contributed by atoms with Crippen LogP contribution >= 0.6 is 0 Å². The standard InChI is InChI=1S/C12H16N2O2/c1-16-8-9-4-2-3-5-11(9)14-7-10(13)6-12(14)15/h2-5,10H,6-8,13H2,1H3. The first-order valence-electron chi connectivity index (χ1n) is 5.35. The van der Waals surface area contributed by atoms with Crippen molar-refractivity contribution in [1.82, 2.24) is 0 Å². The molecule has 1 amide bonds. The number of carbonyl (C=O) groups excluding carboxylic acids is 1. The van der Waals surface area contributed by atoms with Crippen molar-refractivity contribution >= 4 is 11.6 Å².